The zero-order chi connectivity index (χ0) is 20.2. The fourth-order valence-electron chi connectivity index (χ4n) is 2.60. The number of rotatable bonds is 7. The second-order valence-electron chi connectivity index (χ2n) is 5.93. The lowest BCUT2D eigenvalue weighted by Crippen LogP contribution is -2.41. The van der Waals surface area contributed by atoms with Gasteiger partial charge in [0, 0.05) is 15.6 Å². The summed E-state index contributed by atoms with van der Waals surface area (Å²) >= 11 is 11.9. The molecule has 1 N–H and O–H groups in total. The molecule has 2 rings (SSSR count). The van der Waals surface area contributed by atoms with Crippen LogP contribution < -0.4 is 14.4 Å². The number of anilines is 1. The number of halogens is 2. The van der Waals surface area contributed by atoms with Gasteiger partial charge < -0.3 is 10.1 Å². The molecule has 0 spiro atoms. The van der Waals surface area contributed by atoms with Crippen molar-refractivity contribution in [3.63, 3.8) is 0 Å². The number of carbonyl (C=O) groups excluding carboxylic acids is 1. The third-order valence-corrected chi connectivity index (χ3v) is 5.38. The van der Waals surface area contributed by atoms with Gasteiger partial charge in [0.15, 0.2) is 0 Å². The van der Waals surface area contributed by atoms with Crippen molar-refractivity contribution in [3.8, 4) is 5.75 Å². The smallest absolute Gasteiger partial charge is 0.241 e. The van der Waals surface area contributed by atoms with Gasteiger partial charge in [-0.1, -0.05) is 41.4 Å². The van der Waals surface area contributed by atoms with Crippen LogP contribution in [0.25, 0.3) is 0 Å². The minimum atomic E-state index is -3.73. The summed E-state index contributed by atoms with van der Waals surface area (Å²) in [6.07, 6.45) is 1.01. The second kappa shape index (κ2) is 8.82. The summed E-state index contributed by atoms with van der Waals surface area (Å²) < 4.78 is 30.6. The number of nitrogens with zero attached hydrogens (tertiary/aromatic N) is 1. The molecule has 0 saturated heterocycles. The summed E-state index contributed by atoms with van der Waals surface area (Å²) in [5.74, 6) is 0.154. The number of methoxy groups -OCH3 is 1. The Labute approximate surface area is 169 Å². The van der Waals surface area contributed by atoms with Crippen molar-refractivity contribution in [2.24, 2.45) is 0 Å². The zero-order valence-corrected chi connectivity index (χ0v) is 17.4. The Bertz CT molecular complexity index is 914. The molecule has 0 saturated carbocycles. The van der Waals surface area contributed by atoms with E-state index in [4.69, 9.17) is 27.9 Å². The highest BCUT2D eigenvalue weighted by Gasteiger charge is 2.23. The highest BCUT2D eigenvalue weighted by atomic mass is 35.5. The van der Waals surface area contributed by atoms with E-state index in [1.54, 1.807) is 20.1 Å². The van der Waals surface area contributed by atoms with Crippen LogP contribution in [0.15, 0.2) is 42.5 Å². The molecule has 6 nitrogen and oxygen atoms in total. The molecular weight excluding hydrogens is 411 g/mol. The third-order valence-electron chi connectivity index (χ3n) is 3.81. The monoisotopic (exact) mass is 430 g/mol. The number of hydrogen-bond donors (Lipinski definition) is 1. The molecule has 2 aromatic rings. The first-order chi connectivity index (χ1) is 12.6. The Kier molecular flexibility index (Phi) is 6.97. The summed E-state index contributed by atoms with van der Waals surface area (Å²) in [4.78, 5) is 12.5. The molecule has 9 heteroatoms. The fraction of sp³-hybridized carbons (Fsp3) is 0.278. The van der Waals surface area contributed by atoms with Crippen LogP contribution in [0.1, 0.15) is 18.5 Å². The summed E-state index contributed by atoms with van der Waals surface area (Å²) in [5, 5.41) is 3.33. The van der Waals surface area contributed by atoms with Crippen LogP contribution in [-0.2, 0) is 14.8 Å². The minimum absolute atomic E-state index is 0.218. The maximum absolute atomic E-state index is 12.5. The molecule has 1 atom stereocenters. The first kappa shape index (κ1) is 21.3. The topological polar surface area (TPSA) is 75.7 Å². The minimum Gasteiger partial charge on any atom is -0.496 e. The lowest BCUT2D eigenvalue weighted by molar-refractivity contribution is -0.120. The third kappa shape index (κ3) is 5.76. The van der Waals surface area contributed by atoms with Crippen molar-refractivity contribution in [3.05, 3.63) is 58.1 Å². The standard InChI is InChI=1S/C18H20Cl2N2O4S/c1-12(16-6-4-5-7-17(16)26-2)21-18(23)11-22(27(3,24)25)15-9-13(19)8-14(20)10-15/h4-10,12H,11H2,1-3H3,(H,21,23). The molecule has 0 aromatic heterocycles. The Morgan fingerprint density at radius 3 is 2.33 bits per heavy atom. The van der Waals surface area contributed by atoms with E-state index in [1.807, 2.05) is 18.2 Å². The van der Waals surface area contributed by atoms with Gasteiger partial charge in [-0.3, -0.25) is 9.10 Å². The zero-order valence-electron chi connectivity index (χ0n) is 15.1. The average molecular weight is 431 g/mol. The maximum atomic E-state index is 12.5. The van der Waals surface area contributed by atoms with Crippen molar-refractivity contribution >= 4 is 44.8 Å². The number of amides is 1. The van der Waals surface area contributed by atoms with Crippen molar-refractivity contribution < 1.29 is 17.9 Å². The van der Waals surface area contributed by atoms with E-state index in [-0.39, 0.29) is 21.8 Å². The first-order valence-electron chi connectivity index (χ1n) is 7.98. The largest absolute Gasteiger partial charge is 0.496 e. The molecule has 0 bridgehead atoms. The van der Waals surface area contributed by atoms with Gasteiger partial charge in [-0.15, -0.1) is 0 Å². The van der Waals surface area contributed by atoms with Crippen LogP contribution in [0.4, 0.5) is 5.69 Å². The van der Waals surface area contributed by atoms with E-state index in [0.717, 1.165) is 16.1 Å². The Morgan fingerprint density at radius 2 is 1.78 bits per heavy atom. The Balaban J connectivity index is 2.22. The highest BCUT2D eigenvalue weighted by molar-refractivity contribution is 7.92. The number of para-hydroxylation sites is 1. The molecule has 0 aliphatic heterocycles. The normalized spacial score (nSPS) is 12.3. The van der Waals surface area contributed by atoms with Crippen molar-refractivity contribution in [2.75, 3.05) is 24.2 Å². The lowest BCUT2D eigenvalue weighted by Gasteiger charge is -2.24. The molecule has 146 valence electrons. The van der Waals surface area contributed by atoms with Gasteiger partial charge >= 0.3 is 0 Å². The molecule has 0 fully saturated rings. The SMILES string of the molecule is COc1ccccc1C(C)NC(=O)CN(c1cc(Cl)cc(Cl)c1)S(C)(=O)=O. The van der Waals surface area contributed by atoms with Crippen LogP contribution in [0, 0.1) is 0 Å². The van der Waals surface area contributed by atoms with Crippen molar-refractivity contribution in [1.82, 2.24) is 5.32 Å². The van der Waals surface area contributed by atoms with Gasteiger partial charge in [0.25, 0.3) is 0 Å². The van der Waals surface area contributed by atoms with Gasteiger partial charge in [-0.05, 0) is 31.2 Å². The summed E-state index contributed by atoms with van der Waals surface area (Å²) in [6.45, 7) is 1.38. The second-order valence-corrected chi connectivity index (χ2v) is 8.71. The van der Waals surface area contributed by atoms with Crippen LogP contribution in [0.3, 0.4) is 0 Å². The molecule has 0 radical (unpaired) electrons. The molecule has 1 amide bonds. The van der Waals surface area contributed by atoms with Gasteiger partial charge in [-0.25, -0.2) is 8.42 Å². The molecule has 0 aliphatic carbocycles. The summed E-state index contributed by atoms with van der Waals surface area (Å²) in [7, 11) is -2.19. The van der Waals surface area contributed by atoms with Crippen molar-refractivity contribution in [1.29, 1.82) is 0 Å². The lowest BCUT2D eigenvalue weighted by atomic mass is 10.1. The van der Waals surface area contributed by atoms with E-state index < -0.39 is 22.5 Å². The van der Waals surface area contributed by atoms with Gasteiger partial charge in [0.2, 0.25) is 15.9 Å². The predicted octanol–water partition coefficient (Wildman–Crippen LogP) is 3.65. The average Bonchev–Trinajstić information content (AvgIpc) is 2.57. The van der Waals surface area contributed by atoms with E-state index in [0.29, 0.717) is 5.75 Å². The number of hydrogen-bond acceptors (Lipinski definition) is 4. The van der Waals surface area contributed by atoms with Crippen molar-refractivity contribution in [2.45, 2.75) is 13.0 Å². The number of sulfonamides is 1. The number of nitrogens with one attached hydrogen (secondary N) is 1. The Morgan fingerprint density at radius 1 is 1.19 bits per heavy atom. The first-order valence-corrected chi connectivity index (χ1v) is 10.6. The quantitative estimate of drug-likeness (QED) is 0.726. The van der Waals surface area contributed by atoms with Crippen LogP contribution in [0.5, 0.6) is 5.75 Å². The van der Waals surface area contributed by atoms with E-state index in [1.165, 1.54) is 18.2 Å². The molecule has 0 heterocycles. The fourth-order valence-corrected chi connectivity index (χ4v) is 3.96. The summed E-state index contributed by atoms with van der Waals surface area (Å²) in [5.41, 5.74) is 1.00. The van der Waals surface area contributed by atoms with Crippen LogP contribution >= 0.6 is 23.2 Å². The molecule has 2 aromatic carbocycles. The number of benzene rings is 2. The van der Waals surface area contributed by atoms with E-state index >= 15 is 0 Å². The van der Waals surface area contributed by atoms with E-state index in [2.05, 4.69) is 5.32 Å². The number of ether oxygens (including phenoxy) is 1. The van der Waals surface area contributed by atoms with Crippen LogP contribution in [-0.4, -0.2) is 34.2 Å². The number of carbonyl (C=O) groups is 1. The molecule has 27 heavy (non-hydrogen) atoms. The van der Waals surface area contributed by atoms with Gasteiger partial charge in [-0.2, -0.15) is 0 Å². The maximum Gasteiger partial charge on any atom is 0.241 e. The van der Waals surface area contributed by atoms with Gasteiger partial charge in [0.1, 0.15) is 12.3 Å². The molecule has 0 aliphatic rings. The van der Waals surface area contributed by atoms with E-state index in [9.17, 15) is 13.2 Å². The Hall–Kier alpha value is -1.96. The molecular formula is C18H20Cl2N2O4S. The highest BCUT2D eigenvalue weighted by Crippen LogP contribution is 2.27. The van der Waals surface area contributed by atoms with Gasteiger partial charge in [0.05, 0.1) is 25.1 Å². The molecule has 1 unspecified atom stereocenters. The van der Waals surface area contributed by atoms with Crippen LogP contribution in [0.2, 0.25) is 10.0 Å². The predicted molar refractivity (Wildman–Crippen MR) is 108 cm³/mol. The summed E-state index contributed by atoms with van der Waals surface area (Å²) in [6, 6.07) is 11.2.